The predicted molar refractivity (Wildman–Crippen MR) is 81.8 cm³/mol. The van der Waals surface area contributed by atoms with Crippen molar-refractivity contribution in [2.45, 2.75) is 34.6 Å². The minimum absolute atomic E-state index is 0. The van der Waals surface area contributed by atoms with Gasteiger partial charge < -0.3 is 10.2 Å². The van der Waals surface area contributed by atoms with Crippen LogP contribution in [0.25, 0.3) is 5.32 Å². The number of nitrogens with zero attached hydrogens (tertiary/aromatic N) is 2. The Kier molecular flexibility index (Phi) is 7.84. The van der Waals surface area contributed by atoms with E-state index in [0.29, 0.717) is 6.54 Å². The molecule has 1 fully saturated rings. The normalized spacial score (nSPS) is 20.4. The Morgan fingerprint density at radius 3 is 2.19 bits per heavy atom. The summed E-state index contributed by atoms with van der Waals surface area (Å²) in [6.45, 7) is 10.3. The zero-order valence-electron chi connectivity index (χ0n) is 13.3. The number of rotatable bonds is 1. The Hall–Kier alpha value is -1.18. The fourth-order valence-electron chi connectivity index (χ4n) is 2.01. The van der Waals surface area contributed by atoms with Crippen LogP contribution in [-0.2, 0) is 25.2 Å². The molecule has 21 heavy (non-hydrogen) atoms. The molecule has 0 aliphatic carbocycles. The first kappa shape index (κ1) is 19.8. The summed E-state index contributed by atoms with van der Waals surface area (Å²) < 4.78 is 0. The van der Waals surface area contributed by atoms with Gasteiger partial charge in [-0.3, -0.25) is 9.59 Å². The van der Waals surface area contributed by atoms with Crippen LogP contribution in [0.4, 0.5) is 10.5 Å². The van der Waals surface area contributed by atoms with Gasteiger partial charge in [0.2, 0.25) is 0 Å². The van der Waals surface area contributed by atoms with Crippen LogP contribution in [0, 0.1) is 11.3 Å². The number of benzene rings is 1. The number of urea groups is 1. The number of hydrogen-bond acceptors (Lipinski definition) is 2. The molecule has 117 valence electrons. The topological polar surface area (TPSA) is 51.5 Å². The van der Waals surface area contributed by atoms with Crippen molar-refractivity contribution in [1.82, 2.24) is 0 Å². The molecule has 1 aromatic carbocycles. The second-order valence-electron chi connectivity index (χ2n) is 5.36. The summed E-state index contributed by atoms with van der Waals surface area (Å²) in [5.74, 6) is -0.585. The van der Waals surface area contributed by atoms with Crippen molar-refractivity contribution in [2.75, 3.05) is 11.4 Å². The molecule has 1 unspecified atom stereocenters. The number of amides is 3. The standard InChI is InChI=1S/C14H18N2O2.C2H6.Re/c1-10-12(17)15-13(18)16(9-14(10,2)3)11-7-5-4-6-8-11;1-2;/h4-8,10H,9H2,1-3H3,(H,15,17,18);1-2H3;/p-1. The molecule has 1 aliphatic heterocycles. The first-order chi connectivity index (χ1) is 9.42. The van der Waals surface area contributed by atoms with Crippen molar-refractivity contribution in [2.24, 2.45) is 11.3 Å². The molecule has 1 heterocycles. The summed E-state index contributed by atoms with van der Waals surface area (Å²) in [6, 6.07) is 8.86. The average Bonchev–Trinajstić information content (AvgIpc) is 2.53. The van der Waals surface area contributed by atoms with E-state index in [2.05, 4.69) is 5.32 Å². The van der Waals surface area contributed by atoms with Crippen LogP contribution in [0.15, 0.2) is 30.3 Å². The molecular formula is C16H23N2O2Re-. The van der Waals surface area contributed by atoms with Gasteiger partial charge in [0, 0.05) is 26.3 Å². The van der Waals surface area contributed by atoms with Crippen molar-refractivity contribution in [3.63, 3.8) is 0 Å². The van der Waals surface area contributed by atoms with Crippen LogP contribution in [0.1, 0.15) is 34.6 Å². The number of hydrogen-bond donors (Lipinski definition) is 0. The van der Waals surface area contributed by atoms with E-state index in [9.17, 15) is 9.59 Å². The molecule has 0 N–H and O–H groups in total. The van der Waals surface area contributed by atoms with Crippen LogP contribution in [0.3, 0.4) is 0 Å². The largest absolute Gasteiger partial charge is 0.410 e. The Bertz CT molecular complexity index is 474. The quantitative estimate of drug-likeness (QED) is 0.629. The molecule has 2 rings (SSSR count). The Morgan fingerprint density at radius 1 is 1.14 bits per heavy atom. The SMILES string of the molecule is CC.CC1C(=O)[N-]C(=O)N(c2ccccc2)CC1(C)C.[Re]. The second-order valence-corrected chi connectivity index (χ2v) is 5.36. The smallest absolute Gasteiger partial charge is 0.165 e. The number of para-hydroxylation sites is 1. The van der Waals surface area contributed by atoms with Gasteiger partial charge in [0.25, 0.3) is 0 Å². The van der Waals surface area contributed by atoms with Gasteiger partial charge in [0.1, 0.15) is 0 Å². The van der Waals surface area contributed by atoms with E-state index in [4.69, 9.17) is 0 Å². The summed E-state index contributed by atoms with van der Waals surface area (Å²) >= 11 is 0. The molecule has 0 spiro atoms. The van der Waals surface area contributed by atoms with E-state index >= 15 is 0 Å². The van der Waals surface area contributed by atoms with E-state index < -0.39 is 6.03 Å². The van der Waals surface area contributed by atoms with Crippen molar-refractivity contribution in [3.05, 3.63) is 35.6 Å². The van der Waals surface area contributed by atoms with Crippen molar-refractivity contribution in [1.29, 1.82) is 0 Å². The second kappa shape index (κ2) is 8.31. The summed E-state index contributed by atoms with van der Waals surface area (Å²) in [5.41, 5.74) is 0.490. The third-order valence-electron chi connectivity index (χ3n) is 3.61. The zero-order chi connectivity index (χ0) is 15.3. The summed E-state index contributed by atoms with van der Waals surface area (Å²) in [5, 5.41) is 3.66. The monoisotopic (exact) mass is 462 g/mol. The van der Waals surface area contributed by atoms with Gasteiger partial charge in [-0.1, -0.05) is 65.0 Å². The minimum Gasteiger partial charge on any atom is -0.410 e. The molecule has 1 aromatic rings. The molecule has 4 nitrogen and oxygen atoms in total. The van der Waals surface area contributed by atoms with Gasteiger partial charge in [-0.15, -0.1) is 0 Å². The molecular weight excluding hydrogens is 438 g/mol. The van der Waals surface area contributed by atoms with E-state index in [1.54, 1.807) is 4.90 Å². The maximum absolute atomic E-state index is 12.0. The van der Waals surface area contributed by atoms with E-state index in [1.807, 2.05) is 65.0 Å². The van der Waals surface area contributed by atoms with Gasteiger partial charge >= 0.3 is 0 Å². The maximum atomic E-state index is 12.0. The average molecular weight is 462 g/mol. The zero-order valence-corrected chi connectivity index (χ0v) is 16.0. The molecule has 5 heteroatoms. The summed E-state index contributed by atoms with van der Waals surface area (Å²) in [4.78, 5) is 25.4. The summed E-state index contributed by atoms with van der Waals surface area (Å²) in [7, 11) is 0. The molecule has 0 bridgehead atoms. The predicted octanol–water partition coefficient (Wildman–Crippen LogP) is 4.21. The Morgan fingerprint density at radius 2 is 1.67 bits per heavy atom. The van der Waals surface area contributed by atoms with Crippen LogP contribution in [0.5, 0.6) is 0 Å². The minimum atomic E-state index is -0.469. The molecule has 1 aliphatic rings. The first-order valence-corrected chi connectivity index (χ1v) is 7.04. The van der Waals surface area contributed by atoms with Crippen LogP contribution < -0.4 is 4.90 Å². The van der Waals surface area contributed by atoms with Crippen molar-refractivity contribution in [3.8, 4) is 0 Å². The molecule has 1 atom stereocenters. The Labute approximate surface area is 140 Å². The van der Waals surface area contributed by atoms with Crippen molar-refractivity contribution >= 4 is 17.6 Å². The Balaban J connectivity index is 0.00000128. The van der Waals surface area contributed by atoms with Crippen LogP contribution in [0.2, 0.25) is 0 Å². The van der Waals surface area contributed by atoms with Crippen molar-refractivity contribution < 1.29 is 30.0 Å². The molecule has 0 saturated carbocycles. The van der Waals surface area contributed by atoms with Gasteiger partial charge in [0.15, 0.2) is 11.9 Å². The fraction of sp³-hybridized carbons (Fsp3) is 0.500. The summed E-state index contributed by atoms with van der Waals surface area (Å²) in [6.07, 6.45) is 0. The molecule has 1 radical (unpaired) electrons. The third kappa shape index (κ3) is 4.66. The van der Waals surface area contributed by atoms with Crippen LogP contribution >= 0.6 is 0 Å². The van der Waals surface area contributed by atoms with Gasteiger partial charge in [-0.05, 0) is 17.6 Å². The first-order valence-electron chi connectivity index (χ1n) is 7.04. The number of anilines is 1. The van der Waals surface area contributed by atoms with Gasteiger partial charge in [0.05, 0.1) is 0 Å². The third-order valence-corrected chi connectivity index (χ3v) is 3.61. The molecule has 0 aromatic heterocycles. The molecule has 1 saturated heterocycles. The van der Waals surface area contributed by atoms with Crippen LogP contribution in [-0.4, -0.2) is 18.5 Å². The van der Waals surface area contributed by atoms with E-state index in [1.165, 1.54) is 0 Å². The fourth-order valence-corrected chi connectivity index (χ4v) is 2.01. The number of carbonyl (C=O) groups is 2. The van der Waals surface area contributed by atoms with E-state index in [-0.39, 0.29) is 37.7 Å². The molecule has 3 amide bonds. The van der Waals surface area contributed by atoms with Gasteiger partial charge in [-0.2, -0.15) is 0 Å². The van der Waals surface area contributed by atoms with Gasteiger partial charge in [-0.25, -0.2) is 0 Å². The maximum Gasteiger partial charge on any atom is 0.165 e. The number of carbonyl (C=O) groups excluding carboxylic acids is 2. The number of imide groups is 1. The van der Waals surface area contributed by atoms with E-state index in [0.717, 1.165) is 5.69 Å².